The number of aromatic nitrogens is 3. The van der Waals surface area contributed by atoms with Gasteiger partial charge in [0.25, 0.3) is 0 Å². The van der Waals surface area contributed by atoms with Gasteiger partial charge in [0.05, 0.1) is 6.33 Å². The molecule has 7 heteroatoms. The normalized spacial score (nSPS) is 10.8. The lowest BCUT2D eigenvalue weighted by Gasteiger charge is -2.11. The number of oxazole rings is 1. The molecule has 0 aliphatic heterocycles. The average molecular weight is 315 g/mol. The number of thiocarbonyl (C=S) groups is 1. The largest absolute Gasteiger partial charge is 0.443 e. The molecule has 3 rings (SSSR count). The SMILES string of the molecule is Cc1cncn1CCCNC(=S)Nc1ccc2ocnc2c1. The summed E-state index contributed by atoms with van der Waals surface area (Å²) >= 11 is 5.29. The molecular formula is C15H17N5OS. The first-order chi connectivity index (χ1) is 10.7. The highest BCUT2D eigenvalue weighted by atomic mass is 32.1. The Hall–Kier alpha value is -2.41. The van der Waals surface area contributed by atoms with Crippen molar-refractivity contribution >= 4 is 34.1 Å². The van der Waals surface area contributed by atoms with E-state index >= 15 is 0 Å². The van der Waals surface area contributed by atoms with E-state index in [9.17, 15) is 0 Å². The molecule has 0 aliphatic carbocycles. The van der Waals surface area contributed by atoms with Crippen LogP contribution in [0.3, 0.4) is 0 Å². The summed E-state index contributed by atoms with van der Waals surface area (Å²) in [6.45, 7) is 3.77. The standard InChI is InChI=1S/C15H17N5OS/c1-11-8-16-9-20(11)6-2-5-17-15(22)19-12-3-4-14-13(7-12)18-10-21-14/h3-4,7-10H,2,5-6H2,1H3,(H2,17,19,22). The predicted molar refractivity (Wildman–Crippen MR) is 89.8 cm³/mol. The molecule has 22 heavy (non-hydrogen) atoms. The predicted octanol–water partition coefficient (Wildman–Crippen LogP) is 2.71. The van der Waals surface area contributed by atoms with Crippen LogP contribution in [0.25, 0.3) is 11.1 Å². The molecule has 0 atom stereocenters. The van der Waals surface area contributed by atoms with Gasteiger partial charge in [-0.1, -0.05) is 0 Å². The monoisotopic (exact) mass is 315 g/mol. The van der Waals surface area contributed by atoms with E-state index in [4.69, 9.17) is 16.6 Å². The van der Waals surface area contributed by atoms with Crippen molar-refractivity contribution in [3.63, 3.8) is 0 Å². The van der Waals surface area contributed by atoms with E-state index in [1.807, 2.05) is 37.6 Å². The second-order valence-electron chi connectivity index (χ2n) is 5.00. The van der Waals surface area contributed by atoms with Crippen LogP contribution in [0.1, 0.15) is 12.1 Å². The van der Waals surface area contributed by atoms with Gasteiger partial charge in [-0.2, -0.15) is 0 Å². The number of aryl methyl sites for hydroxylation is 2. The topological polar surface area (TPSA) is 67.9 Å². The second kappa shape index (κ2) is 6.57. The highest BCUT2D eigenvalue weighted by Crippen LogP contribution is 2.17. The number of nitrogens with one attached hydrogen (secondary N) is 2. The summed E-state index contributed by atoms with van der Waals surface area (Å²) in [6, 6.07) is 5.69. The van der Waals surface area contributed by atoms with Crippen molar-refractivity contribution < 1.29 is 4.42 Å². The summed E-state index contributed by atoms with van der Waals surface area (Å²) in [5.41, 5.74) is 3.63. The van der Waals surface area contributed by atoms with Gasteiger partial charge in [-0.15, -0.1) is 0 Å². The van der Waals surface area contributed by atoms with Gasteiger partial charge < -0.3 is 19.6 Å². The number of fused-ring (bicyclic) bond motifs is 1. The number of rotatable bonds is 5. The first-order valence-corrected chi connectivity index (χ1v) is 7.48. The fraction of sp³-hybridized carbons (Fsp3) is 0.267. The van der Waals surface area contributed by atoms with Gasteiger partial charge in [0.15, 0.2) is 17.1 Å². The van der Waals surface area contributed by atoms with E-state index in [1.165, 1.54) is 12.1 Å². The summed E-state index contributed by atoms with van der Waals surface area (Å²) in [5, 5.41) is 6.95. The molecule has 6 nitrogen and oxygen atoms in total. The maximum atomic E-state index is 5.29. The molecule has 2 N–H and O–H groups in total. The number of anilines is 1. The van der Waals surface area contributed by atoms with E-state index in [0.717, 1.165) is 36.3 Å². The first-order valence-electron chi connectivity index (χ1n) is 7.07. The molecule has 0 aliphatic rings. The van der Waals surface area contributed by atoms with Crippen LogP contribution < -0.4 is 10.6 Å². The number of hydrogen-bond donors (Lipinski definition) is 2. The summed E-state index contributed by atoms with van der Waals surface area (Å²) < 4.78 is 7.33. The van der Waals surface area contributed by atoms with E-state index < -0.39 is 0 Å². The van der Waals surface area contributed by atoms with Crippen LogP contribution in [0.5, 0.6) is 0 Å². The van der Waals surface area contributed by atoms with E-state index in [-0.39, 0.29) is 0 Å². The third kappa shape index (κ3) is 3.43. The van der Waals surface area contributed by atoms with E-state index in [0.29, 0.717) is 5.11 Å². The van der Waals surface area contributed by atoms with Gasteiger partial charge in [0.2, 0.25) is 0 Å². The van der Waals surface area contributed by atoms with Crippen molar-refractivity contribution in [2.75, 3.05) is 11.9 Å². The third-order valence-corrected chi connectivity index (χ3v) is 3.62. The summed E-state index contributed by atoms with van der Waals surface area (Å²) in [4.78, 5) is 8.22. The van der Waals surface area contributed by atoms with Crippen molar-refractivity contribution in [2.45, 2.75) is 19.9 Å². The minimum absolute atomic E-state index is 0.602. The molecule has 0 fully saturated rings. The molecule has 0 unspecified atom stereocenters. The molecular weight excluding hydrogens is 298 g/mol. The van der Waals surface area contributed by atoms with Gasteiger partial charge in [-0.3, -0.25) is 0 Å². The van der Waals surface area contributed by atoms with Crippen LogP contribution in [0, 0.1) is 6.92 Å². The van der Waals surface area contributed by atoms with Crippen LogP contribution in [0.15, 0.2) is 41.5 Å². The van der Waals surface area contributed by atoms with Gasteiger partial charge in [-0.25, -0.2) is 9.97 Å². The molecule has 0 saturated heterocycles. The van der Waals surface area contributed by atoms with Crippen LogP contribution >= 0.6 is 12.2 Å². The molecule has 2 heterocycles. The molecule has 3 aromatic rings. The van der Waals surface area contributed by atoms with Crippen molar-refractivity contribution in [2.24, 2.45) is 0 Å². The molecule has 0 saturated carbocycles. The highest BCUT2D eigenvalue weighted by molar-refractivity contribution is 7.80. The molecule has 0 radical (unpaired) electrons. The summed E-state index contributed by atoms with van der Waals surface area (Å²) in [5.74, 6) is 0. The van der Waals surface area contributed by atoms with E-state index in [2.05, 4.69) is 25.2 Å². The average Bonchev–Trinajstić information content (AvgIpc) is 3.12. The van der Waals surface area contributed by atoms with Crippen LogP contribution in [0.4, 0.5) is 5.69 Å². The molecule has 1 aromatic carbocycles. The van der Waals surface area contributed by atoms with Gasteiger partial charge in [0, 0.05) is 30.7 Å². The minimum Gasteiger partial charge on any atom is -0.443 e. The fourth-order valence-corrected chi connectivity index (χ4v) is 2.40. The Balaban J connectivity index is 1.45. The van der Waals surface area contributed by atoms with Crippen molar-refractivity contribution in [3.05, 3.63) is 42.8 Å². The Bertz CT molecular complexity index is 779. The van der Waals surface area contributed by atoms with Crippen LogP contribution in [0.2, 0.25) is 0 Å². The van der Waals surface area contributed by atoms with Crippen molar-refractivity contribution in [1.82, 2.24) is 19.9 Å². The lowest BCUT2D eigenvalue weighted by atomic mass is 10.3. The zero-order chi connectivity index (χ0) is 15.4. The van der Waals surface area contributed by atoms with Crippen LogP contribution in [-0.2, 0) is 6.54 Å². The summed E-state index contributed by atoms with van der Waals surface area (Å²) in [7, 11) is 0. The zero-order valence-electron chi connectivity index (χ0n) is 12.2. The van der Waals surface area contributed by atoms with Gasteiger partial charge in [0.1, 0.15) is 5.52 Å². The molecule has 0 amide bonds. The Morgan fingerprint density at radius 3 is 3.14 bits per heavy atom. The van der Waals surface area contributed by atoms with Gasteiger partial charge in [-0.05, 0) is 43.8 Å². The number of nitrogens with zero attached hydrogens (tertiary/aromatic N) is 3. The van der Waals surface area contributed by atoms with Crippen molar-refractivity contribution in [1.29, 1.82) is 0 Å². The molecule has 114 valence electrons. The van der Waals surface area contributed by atoms with Gasteiger partial charge >= 0.3 is 0 Å². The number of imidazole rings is 1. The Morgan fingerprint density at radius 2 is 2.32 bits per heavy atom. The number of hydrogen-bond acceptors (Lipinski definition) is 4. The Labute approximate surface area is 133 Å². The smallest absolute Gasteiger partial charge is 0.181 e. The van der Waals surface area contributed by atoms with Crippen molar-refractivity contribution in [3.8, 4) is 0 Å². The Kier molecular flexibility index (Phi) is 4.34. The molecule has 0 bridgehead atoms. The maximum absolute atomic E-state index is 5.29. The lowest BCUT2D eigenvalue weighted by Crippen LogP contribution is -2.29. The quantitative estimate of drug-likeness (QED) is 0.557. The maximum Gasteiger partial charge on any atom is 0.181 e. The summed E-state index contributed by atoms with van der Waals surface area (Å²) in [6.07, 6.45) is 6.11. The Morgan fingerprint density at radius 1 is 1.41 bits per heavy atom. The first kappa shape index (κ1) is 14.5. The lowest BCUT2D eigenvalue weighted by molar-refractivity contribution is 0.602. The van der Waals surface area contributed by atoms with E-state index in [1.54, 1.807) is 0 Å². The third-order valence-electron chi connectivity index (χ3n) is 3.37. The minimum atomic E-state index is 0.602. The molecule has 0 spiro atoms. The second-order valence-corrected chi connectivity index (χ2v) is 5.41. The van der Waals surface area contributed by atoms with Crippen LogP contribution in [-0.4, -0.2) is 26.2 Å². The highest BCUT2D eigenvalue weighted by Gasteiger charge is 2.02. The fourth-order valence-electron chi connectivity index (χ4n) is 2.18. The number of benzene rings is 1. The zero-order valence-corrected chi connectivity index (χ0v) is 13.1. The molecule has 2 aromatic heterocycles.